The van der Waals surface area contributed by atoms with Gasteiger partial charge in [-0.25, -0.2) is 0 Å². The lowest BCUT2D eigenvalue weighted by Gasteiger charge is -2.21. The first kappa shape index (κ1) is 43.6. The Kier molecular flexibility index (Phi) is 10.2. The van der Waals surface area contributed by atoms with Gasteiger partial charge in [0.25, 0.3) is 0 Å². The zero-order valence-electron chi connectivity index (χ0n) is 41.6. The second-order valence-corrected chi connectivity index (χ2v) is 20.0. The highest BCUT2D eigenvalue weighted by molar-refractivity contribution is 6.23. The summed E-state index contributed by atoms with van der Waals surface area (Å²) < 4.78 is 4.90. The van der Waals surface area contributed by atoms with Crippen molar-refractivity contribution in [1.82, 2.24) is 9.13 Å². The molecular weight excluding hydrogens is 917 g/mol. The molecule has 15 rings (SSSR count). The van der Waals surface area contributed by atoms with Crippen molar-refractivity contribution in [1.29, 1.82) is 0 Å². The molecule has 2 heterocycles. The zero-order valence-corrected chi connectivity index (χ0v) is 41.6. The summed E-state index contributed by atoms with van der Waals surface area (Å²) in [6.07, 6.45) is 0. The molecule has 0 saturated heterocycles. The molecule has 15 aromatic rings. The summed E-state index contributed by atoms with van der Waals surface area (Å²) in [5.41, 5.74) is 21.3. The van der Waals surface area contributed by atoms with Crippen LogP contribution in [0.4, 0.5) is 0 Å². The van der Waals surface area contributed by atoms with E-state index in [0.717, 1.165) is 11.4 Å². The minimum atomic E-state index is 1.12. The number of hydrogen-bond acceptors (Lipinski definition) is 0. The molecule has 76 heavy (non-hydrogen) atoms. The fourth-order valence-electron chi connectivity index (χ4n) is 12.2. The Hall–Kier alpha value is -10.0. The highest BCUT2D eigenvalue weighted by Crippen LogP contribution is 2.47. The number of para-hydroxylation sites is 4. The summed E-state index contributed by atoms with van der Waals surface area (Å²) in [7, 11) is 0. The van der Waals surface area contributed by atoms with E-state index in [9.17, 15) is 0 Å². The number of fused-ring (bicyclic) bond motifs is 8. The molecule has 2 heteroatoms. The van der Waals surface area contributed by atoms with Crippen LogP contribution in [-0.2, 0) is 0 Å². The summed E-state index contributed by atoms with van der Waals surface area (Å²) in [6, 6.07) is 107. The van der Waals surface area contributed by atoms with Crippen LogP contribution in [0.1, 0.15) is 0 Å². The molecule has 0 bridgehead atoms. The number of hydrogen-bond donors (Lipinski definition) is 0. The van der Waals surface area contributed by atoms with Crippen LogP contribution in [0.15, 0.2) is 291 Å². The highest BCUT2D eigenvalue weighted by atomic mass is 15.0. The lowest BCUT2D eigenvalue weighted by atomic mass is 9.84. The molecule has 2 aromatic heterocycles. The van der Waals surface area contributed by atoms with Crippen LogP contribution in [0, 0.1) is 0 Å². The Labute approximate surface area is 441 Å². The average molecular weight is 965 g/mol. The monoisotopic (exact) mass is 964 g/mol. The minimum Gasteiger partial charge on any atom is -0.309 e. The van der Waals surface area contributed by atoms with Gasteiger partial charge >= 0.3 is 0 Å². The van der Waals surface area contributed by atoms with E-state index in [-0.39, 0.29) is 0 Å². The molecule has 0 atom stereocenters. The SMILES string of the molecule is c1ccc(-c2ccc(-c3cccc(-c4c5ccc(-n6c7ccccc7c7ccccc76)cc5c(-c5cccc(-c6ccc(-c7ccccc7)cc6)c5)c5ccc(-n6c7ccccc7c7ccccc76)cc45)c3)cc2)cc1. The van der Waals surface area contributed by atoms with Crippen LogP contribution in [0.3, 0.4) is 0 Å². The number of rotatable bonds is 8. The molecule has 2 nitrogen and oxygen atoms in total. The van der Waals surface area contributed by atoms with E-state index in [1.165, 1.54) is 132 Å². The van der Waals surface area contributed by atoms with Crippen LogP contribution in [0.2, 0.25) is 0 Å². The van der Waals surface area contributed by atoms with E-state index in [4.69, 9.17) is 0 Å². The topological polar surface area (TPSA) is 9.86 Å². The normalized spacial score (nSPS) is 11.7. The van der Waals surface area contributed by atoms with Gasteiger partial charge in [0, 0.05) is 32.9 Å². The van der Waals surface area contributed by atoms with Gasteiger partial charge in [0.15, 0.2) is 0 Å². The second kappa shape index (κ2) is 17.9. The number of aromatic nitrogens is 2. The van der Waals surface area contributed by atoms with E-state index >= 15 is 0 Å². The summed E-state index contributed by atoms with van der Waals surface area (Å²) in [6.45, 7) is 0. The molecule has 0 aliphatic carbocycles. The third kappa shape index (κ3) is 7.18. The lowest BCUT2D eigenvalue weighted by molar-refractivity contribution is 1.18. The number of benzene rings is 13. The van der Waals surface area contributed by atoms with Gasteiger partial charge in [-0.15, -0.1) is 0 Å². The molecule has 0 amide bonds. The van der Waals surface area contributed by atoms with Crippen molar-refractivity contribution in [3.8, 4) is 78.1 Å². The van der Waals surface area contributed by atoms with Crippen molar-refractivity contribution in [2.24, 2.45) is 0 Å². The first-order chi connectivity index (χ1) is 37.7. The molecule has 0 saturated carbocycles. The Morgan fingerprint density at radius 2 is 0.434 bits per heavy atom. The largest absolute Gasteiger partial charge is 0.309 e. The second-order valence-electron chi connectivity index (χ2n) is 20.0. The van der Waals surface area contributed by atoms with Gasteiger partial charge in [-0.05, 0) is 149 Å². The quantitative estimate of drug-likeness (QED) is 0.134. The van der Waals surface area contributed by atoms with Crippen molar-refractivity contribution in [2.75, 3.05) is 0 Å². The maximum Gasteiger partial charge on any atom is 0.0541 e. The molecule has 0 spiro atoms. The predicted octanol–water partition coefficient (Wildman–Crippen LogP) is 20.2. The van der Waals surface area contributed by atoms with E-state index in [1.807, 2.05) is 0 Å². The molecule has 0 fully saturated rings. The van der Waals surface area contributed by atoms with Gasteiger partial charge in [-0.1, -0.05) is 231 Å². The predicted molar refractivity (Wildman–Crippen MR) is 323 cm³/mol. The molecular formula is C74H48N2. The molecule has 0 aliphatic rings. The van der Waals surface area contributed by atoms with Gasteiger partial charge in [0.05, 0.1) is 22.1 Å². The van der Waals surface area contributed by atoms with E-state index < -0.39 is 0 Å². The van der Waals surface area contributed by atoms with Crippen molar-refractivity contribution < 1.29 is 0 Å². The van der Waals surface area contributed by atoms with Gasteiger partial charge in [-0.2, -0.15) is 0 Å². The van der Waals surface area contributed by atoms with Crippen LogP contribution in [0.5, 0.6) is 0 Å². The molecule has 0 unspecified atom stereocenters. The fourth-order valence-corrected chi connectivity index (χ4v) is 12.2. The van der Waals surface area contributed by atoms with Crippen LogP contribution >= 0.6 is 0 Å². The summed E-state index contributed by atoms with van der Waals surface area (Å²) in [4.78, 5) is 0. The van der Waals surface area contributed by atoms with Crippen molar-refractivity contribution in [3.05, 3.63) is 291 Å². The van der Waals surface area contributed by atoms with Gasteiger partial charge in [-0.3, -0.25) is 0 Å². The fraction of sp³-hybridized carbons (Fsp3) is 0. The Morgan fingerprint density at radius 1 is 0.158 bits per heavy atom. The molecule has 354 valence electrons. The zero-order chi connectivity index (χ0) is 50.1. The van der Waals surface area contributed by atoms with Crippen molar-refractivity contribution in [2.45, 2.75) is 0 Å². The Bertz CT molecular complexity index is 4300. The summed E-state index contributed by atoms with van der Waals surface area (Å²) in [5.74, 6) is 0. The summed E-state index contributed by atoms with van der Waals surface area (Å²) in [5, 5.41) is 9.76. The van der Waals surface area contributed by atoms with Gasteiger partial charge < -0.3 is 9.13 Å². The first-order valence-corrected chi connectivity index (χ1v) is 26.2. The minimum absolute atomic E-state index is 1.12. The van der Waals surface area contributed by atoms with E-state index in [0.29, 0.717) is 0 Å². The lowest BCUT2D eigenvalue weighted by Crippen LogP contribution is -1.98. The summed E-state index contributed by atoms with van der Waals surface area (Å²) >= 11 is 0. The molecule has 0 N–H and O–H groups in total. The standard InChI is InChI=1S/C74H48N2/c1-3-17-49(18-4-1)51-33-37-53(38-34-51)55-21-15-23-57(45-55)73-65-43-41-60(76-71-31-13-9-27-63(71)64-28-10-14-32-72(64)76)48-68(65)74(58-24-16-22-56(46-58)54-39-35-52(36-40-54)50-19-5-2-6-20-50)66-44-42-59(47-67(66)73)75-69-29-11-7-25-61(69)62-26-8-12-30-70(62)75/h1-48H. The van der Waals surface area contributed by atoms with Crippen LogP contribution in [0.25, 0.3) is 143 Å². The van der Waals surface area contributed by atoms with Gasteiger partial charge in [0.1, 0.15) is 0 Å². The smallest absolute Gasteiger partial charge is 0.0541 e. The third-order valence-electron chi connectivity index (χ3n) is 15.7. The molecule has 0 radical (unpaired) electrons. The molecule has 13 aromatic carbocycles. The van der Waals surface area contributed by atoms with E-state index in [2.05, 4.69) is 300 Å². The highest BCUT2D eigenvalue weighted by Gasteiger charge is 2.22. The maximum atomic E-state index is 2.46. The maximum absolute atomic E-state index is 2.46. The van der Waals surface area contributed by atoms with Crippen molar-refractivity contribution >= 4 is 65.2 Å². The Balaban J connectivity index is 1.01. The Morgan fingerprint density at radius 3 is 0.789 bits per heavy atom. The van der Waals surface area contributed by atoms with Crippen LogP contribution in [-0.4, -0.2) is 9.13 Å². The molecule has 0 aliphatic heterocycles. The third-order valence-corrected chi connectivity index (χ3v) is 15.7. The number of nitrogens with zero attached hydrogens (tertiary/aromatic N) is 2. The first-order valence-electron chi connectivity index (χ1n) is 26.2. The van der Waals surface area contributed by atoms with Crippen molar-refractivity contribution in [3.63, 3.8) is 0 Å². The average Bonchev–Trinajstić information content (AvgIpc) is 4.03. The van der Waals surface area contributed by atoms with Gasteiger partial charge in [0.2, 0.25) is 0 Å². The van der Waals surface area contributed by atoms with E-state index in [1.54, 1.807) is 0 Å². The van der Waals surface area contributed by atoms with Crippen LogP contribution < -0.4 is 0 Å².